The van der Waals surface area contributed by atoms with Crippen LogP contribution in [0.5, 0.6) is 5.75 Å². The van der Waals surface area contributed by atoms with Gasteiger partial charge in [-0.1, -0.05) is 6.07 Å². The number of aromatic carboxylic acids is 1. The molecule has 0 saturated heterocycles. The zero-order chi connectivity index (χ0) is 14.7. The Hall–Kier alpha value is -2.43. The van der Waals surface area contributed by atoms with E-state index in [0.717, 1.165) is 18.6 Å². The number of aryl methyl sites for hydroxylation is 2. The van der Waals surface area contributed by atoms with Gasteiger partial charge < -0.3 is 9.84 Å². The lowest BCUT2D eigenvalue weighted by atomic mass is 9.92. The summed E-state index contributed by atoms with van der Waals surface area (Å²) < 4.78 is 5.70. The molecule has 1 aromatic heterocycles. The summed E-state index contributed by atoms with van der Waals surface area (Å²) in [5.41, 5.74) is 3.19. The van der Waals surface area contributed by atoms with Crippen LogP contribution in [-0.2, 0) is 19.4 Å². The molecular formula is C16H16N2O3. The van der Waals surface area contributed by atoms with Crippen molar-refractivity contribution < 1.29 is 14.6 Å². The number of nitrogens with zero attached hydrogens (tertiary/aromatic N) is 2. The molecule has 0 unspecified atom stereocenters. The van der Waals surface area contributed by atoms with E-state index in [0.29, 0.717) is 5.69 Å². The Kier molecular flexibility index (Phi) is 3.81. The second kappa shape index (κ2) is 5.91. The Morgan fingerprint density at radius 3 is 2.86 bits per heavy atom. The number of carbonyl (C=O) groups is 1. The number of aromatic nitrogens is 2. The van der Waals surface area contributed by atoms with Gasteiger partial charge in [0.25, 0.3) is 0 Å². The number of benzene rings is 1. The molecule has 1 aromatic carbocycles. The third-order valence-electron chi connectivity index (χ3n) is 3.72. The highest BCUT2D eigenvalue weighted by molar-refractivity contribution is 5.88. The maximum atomic E-state index is 11.1. The minimum Gasteiger partial charge on any atom is -0.487 e. The number of fused-ring (bicyclic) bond motifs is 1. The predicted octanol–water partition coefficient (Wildman–Crippen LogP) is 2.63. The Morgan fingerprint density at radius 1 is 1.24 bits per heavy atom. The molecule has 108 valence electrons. The fraction of sp³-hybridized carbons (Fsp3) is 0.312. The van der Waals surface area contributed by atoms with Crippen molar-refractivity contribution in [3.63, 3.8) is 0 Å². The number of hydrogen-bond acceptors (Lipinski definition) is 4. The minimum atomic E-state index is -1.04. The third kappa shape index (κ3) is 3.02. The van der Waals surface area contributed by atoms with E-state index < -0.39 is 5.97 Å². The number of rotatable bonds is 4. The third-order valence-corrected chi connectivity index (χ3v) is 3.72. The molecule has 0 amide bonds. The van der Waals surface area contributed by atoms with E-state index in [2.05, 4.69) is 22.1 Å². The maximum Gasteiger partial charge on any atom is 0.339 e. The molecule has 1 aliphatic carbocycles. The van der Waals surface area contributed by atoms with Crippen LogP contribution in [0, 0.1) is 0 Å². The topological polar surface area (TPSA) is 72.3 Å². The van der Waals surface area contributed by atoms with Crippen LogP contribution < -0.4 is 4.74 Å². The molecule has 2 aromatic rings. The van der Waals surface area contributed by atoms with Gasteiger partial charge in [0.1, 0.15) is 24.2 Å². The van der Waals surface area contributed by atoms with Gasteiger partial charge in [-0.05, 0) is 48.9 Å². The molecular weight excluding hydrogens is 268 g/mol. The Balaban J connectivity index is 1.75. The molecule has 0 atom stereocenters. The molecule has 3 rings (SSSR count). The van der Waals surface area contributed by atoms with E-state index >= 15 is 0 Å². The summed E-state index contributed by atoms with van der Waals surface area (Å²) in [6.45, 7) is 0.128. The van der Waals surface area contributed by atoms with Crippen LogP contribution in [0.4, 0.5) is 0 Å². The van der Waals surface area contributed by atoms with Crippen molar-refractivity contribution in [2.75, 3.05) is 0 Å². The molecule has 1 N–H and O–H groups in total. The van der Waals surface area contributed by atoms with Crippen molar-refractivity contribution in [1.29, 1.82) is 0 Å². The van der Waals surface area contributed by atoms with Gasteiger partial charge in [-0.3, -0.25) is 0 Å². The lowest BCUT2D eigenvalue weighted by Gasteiger charge is -2.16. The van der Waals surface area contributed by atoms with Crippen LogP contribution in [0.1, 0.15) is 40.0 Å². The van der Waals surface area contributed by atoms with E-state index in [1.54, 1.807) is 0 Å². The molecule has 0 spiro atoms. The summed E-state index contributed by atoms with van der Waals surface area (Å²) in [6, 6.07) is 6.09. The average Bonchev–Trinajstić information content (AvgIpc) is 2.53. The normalized spacial score (nSPS) is 13.5. The highest BCUT2D eigenvalue weighted by atomic mass is 16.5. The fourth-order valence-corrected chi connectivity index (χ4v) is 2.60. The lowest BCUT2D eigenvalue weighted by molar-refractivity contribution is 0.0692. The minimum absolute atomic E-state index is 0.0791. The smallest absolute Gasteiger partial charge is 0.339 e. The number of ether oxygens (including phenoxy) is 1. The average molecular weight is 284 g/mol. The summed E-state index contributed by atoms with van der Waals surface area (Å²) >= 11 is 0. The van der Waals surface area contributed by atoms with Crippen LogP contribution in [0.25, 0.3) is 0 Å². The van der Waals surface area contributed by atoms with Gasteiger partial charge in [-0.25, -0.2) is 14.8 Å². The summed E-state index contributed by atoms with van der Waals surface area (Å²) in [5, 5.41) is 9.09. The first kappa shape index (κ1) is 13.5. The van der Waals surface area contributed by atoms with E-state index in [4.69, 9.17) is 9.84 Å². The largest absolute Gasteiger partial charge is 0.487 e. The molecule has 0 fully saturated rings. The number of carboxylic acids is 1. The van der Waals surface area contributed by atoms with E-state index in [9.17, 15) is 4.79 Å². The Bertz CT molecular complexity index is 670. The van der Waals surface area contributed by atoms with E-state index in [1.165, 1.54) is 36.5 Å². The molecule has 1 heterocycles. The lowest BCUT2D eigenvalue weighted by Crippen LogP contribution is -2.09. The second-order valence-corrected chi connectivity index (χ2v) is 5.11. The predicted molar refractivity (Wildman–Crippen MR) is 76.4 cm³/mol. The van der Waals surface area contributed by atoms with Crippen LogP contribution >= 0.6 is 0 Å². The van der Waals surface area contributed by atoms with Gasteiger partial charge in [0.05, 0.1) is 5.69 Å². The number of carboxylic acid groups (broad SMARTS) is 1. The maximum absolute atomic E-state index is 11.1. The van der Waals surface area contributed by atoms with Gasteiger partial charge in [-0.15, -0.1) is 0 Å². The quantitative estimate of drug-likeness (QED) is 0.934. The Labute approximate surface area is 122 Å². The summed E-state index contributed by atoms with van der Waals surface area (Å²) in [5.74, 6) is -0.287. The molecule has 1 aliphatic rings. The van der Waals surface area contributed by atoms with Crippen LogP contribution in [0.15, 0.2) is 30.7 Å². The van der Waals surface area contributed by atoms with Crippen molar-refractivity contribution in [3.8, 4) is 5.75 Å². The zero-order valence-corrected chi connectivity index (χ0v) is 11.6. The van der Waals surface area contributed by atoms with Crippen molar-refractivity contribution >= 4 is 5.97 Å². The van der Waals surface area contributed by atoms with Crippen LogP contribution in [-0.4, -0.2) is 21.0 Å². The van der Waals surface area contributed by atoms with Gasteiger partial charge in [0.2, 0.25) is 0 Å². The molecule has 0 radical (unpaired) electrons. The molecule has 21 heavy (non-hydrogen) atoms. The van der Waals surface area contributed by atoms with Gasteiger partial charge >= 0.3 is 5.97 Å². The fourth-order valence-electron chi connectivity index (χ4n) is 2.60. The van der Waals surface area contributed by atoms with Crippen molar-refractivity contribution in [2.24, 2.45) is 0 Å². The van der Waals surface area contributed by atoms with Crippen molar-refractivity contribution in [3.05, 3.63) is 53.1 Å². The first-order valence-electron chi connectivity index (χ1n) is 7.01. The molecule has 5 nitrogen and oxygen atoms in total. The second-order valence-electron chi connectivity index (χ2n) is 5.11. The monoisotopic (exact) mass is 284 g/mol. The highest BCUT2D eigenvalue weighted by Crippen LogP contribution is 2.25. The van der Waals surface area contributed by atoms with Gasteiger partial charge in [-0.2, -0.15) is 0 Å². The van der Waals surface area contributed by atoms with E-state index in [-0.39, 0.29) is 12.2 Å². The van der Waals surface area contributed by atoms with Gasteiger partial charge in [0.15, 0.2) is 0 Å². The van der Waals surface area contributed by atoms with Crippen LogP contribution in [0.2, 0.25) is 0 Å². The SMILES string of the molecule is O=C(O)c1cncnc1COc1ccc2c(c1)CCCC2. The zero-order valence-electron chi connectivity index (χ0n) is 11.6. The summed E-state index contributed by atoms with van der Waals surface area (Å²) in [6.07, 6.45) is 7.30. The highest BCUT2D eigenvalue weighted by Gasteiger charge is 2.13. The Morgan fingerprint density at radius 2 is 2.05 bits per heavy atom. The van der Waals surface area contributed by atoms with Crippen molar-refractivity contribution in [2.45, 2.75) is 32.3 Å². The van der Waals surface area contributed by atoms with Crippen LogP contribution in [0.3, 0.4) is 0 Å². The first-order chi connectivity index (χ1) is 10.2. The number of hydrogen-bond donors (Lipinski definition) is 1. The molecule has 5 heteroatoms. The molecule has 0 bridgehead atoms. The van der Waals surface area contributed by atoms with Crippen molar-refractivity contribution in [1.82, 2.24) is 9.97 Å². The first-order valence-corrected chi connectivity index (χ1v) is 7.01. The van der Waals surface area contributed by atoms with E-state index in [1.807, 2.05) is 6.07 Å². The summed E-state index contributed by atoms with van der Waals surface area (Å²) in [7, 11) is 0. The standard InChI is InChI=1S/C16H16N2O3/c19-16(20)14-8-17-10-18-15(14)9-21-13-6-5-11-3-1-2-4-12(11)7-13/h5-8,10H,1-4,9H2,(H,19,20). The molecule has 0 aliphatic heterocycles. The van der Waals surface area contributed by atoms with Gasteiger partial charge in [0, 0.05) is 6.20 Å². The molecule has 0 saturated carbocycles. The summed E-state index contributed by atoms with van der Waals surface area (Å²) in [4.78, 5) is 18.8.